The van der Waals surface area contributed by atoms with E-state index in [-0.39, 0.29) is 48.7 Å². The Morgan fingerprint density at radius 1 is 0.667 bits per heavy atom. The summed E-state index contributed by atoms with van der Waals surface area (Å²) in [5, 5.41) is 11.1. The maximum atomic E-state index is 13.5. The summed E-state index contributed by atoms with van der Waals surface area (Å²) in [4.78, 5) is 81.0. The second-order valence-electron chi connectivity index (χ2n) is 13.9. The highest BCUT2D eigenvalue weighted by Gasteiger charge is 2.40. The van der Waals surface area contributed by atoms with Crippen molar-refractivity contribution in [3.8, 4) is 11.8 Å². The average Bonchev–Trinajstić information content (AvgIpc) is 3.83. The van der Waals surface area contributed by atoms with Crippen molar-refractivity contribution in [2.75, 3.05) is 36.9 Å². The van der Waals surface area contributed by atoms with Crippen molar-refractivity contribution in [2.45, 2.75) is 91.4 Å². The van der Waals surface area contributed by atoms with Gasteiger partial charge in [-0.3, -0.25) is 19.2 Å². The summed E-state index contributed by atoms with van der Waals surface area (Å²) in [6.45, 7) is 11.8. The third-order valence-corrected chi connectivity index (χ3v) is 9.25. The molecule has 290 valence electrons. The van der Waals surface area contributed by atoms with Crippen LogP contribution in [-0.4, -0.2) is 96.1 Å². The smallest absolute Gasteiger partial charge is 0.407 e. The number of hydrogen-bond acceptors (Lipinski definition) is 8. The van der Waals surface area contributed by atoms with E-state index in [9.17, 15) is 28.8 Å². The van der Waals surface area contributed by atoms with Crippen molar-refractivity contribution in [3.05, 3.63) is 59.7 Å². The number of nitrogens with one attached hydrogen (secondary N) is 4. The molecule has 6 amide bonds. The first kappa shape index (κ1) is 41.2. The summed E-state index contributed by atoms with van der Waals surface area (Å²) in [7, 11) is 0. The first-order valence-corrected chi connectivity index (χ1v) is 18.6. The molecule has 14 heteroatoms. The van der Waals surface area contributed by atoms with Crippen LogP contribution in [0.5, 0.6) is 0 Å². The normalized spacial score (nSPS) is 17.6. The minimum absolute atomic E-state index is 0.178. The molecule has 14 nitrogen and oxygen atoms in total. The monoisotopic (exact) mass is 744 g/mol. The minimum Gasteiger partial charge on any atom is -0.450 e. The number of hydrogen-bond donors (Lipinski definition) is 4. The highest BCUT2D eigenvalue weighted by Crippen LogP contribution is 2.24. The molecule has 0 aromatic heterocycles. The SMILES string of the molecule is CCOC(=O)N[C@H](C(=O)N1CCC[C@H]1C(=O)Nc1cccc(C#Cc2cccc(NC(=O)[C@@H]3CCCN3C(=O)[C@@H](NC(=O)OCC)C(C)C)c2)c1)C(C)C. The molecule has 0 aliphatic carbocycles. The van der Waals surface area contributed by atoms with Crippen molar-refractivity contribution in [1.82, 2.24) is 20.4 Å². The van der Waals surface area contributed by atoms with Crippen LogP contribution in [0.15, 0.2) is 48.5 Å². The maximum Gasteiger partial charge on any atom is 0.407 e. The molecule has 2 aromatic rings. The minimum atomic E-state index is -0.825. The molecule has 0 saturated carbocycles. The molecule has 2 saturated heterocycles. The number of alkyl carbamates (subject to hydrolysis) is 2. The molecule has 0 bridgehead atoms. The van der Waals surface area contributed by atoms with Crippen molar-refractivity contribution < 1.29 is 38.2 Å². The van der Waals surface area contributed by atoms with Gasteiger partial charge in [-0.2, -0.15) is 0 Å². The number of ether oxygens (including phenoxy) is 2. The molecule has 0 radical (unpaired) electrons. The molecule has 2 aliphatic rings. The van der Waals surface area contributed by atoms with Crippen molar-refractivity contribution in [3.63, 3.8) is 0 Å². The van der Waals surface area contributed by atoms with E-state index >= 15 is 0 Å². The maximum absolute atomic E-state index is 13.5. The highest BCUT2D eigenvalue weighted by atomic mass is 16.6. The van der Waals surface area contributed by atoms with Gasteiger partial charge >= 0.3 is 12.2 Å². The second-order valence-corrected chi connectivity index (χ2v) is 13.9. The molecule has 0 unspecified atom stereocenters. The number of amides is 6. The highest BCUT2D eigenvalue weighted by molar-refractivity contribution is 6.00. The summed E-state index contributed by atoms with van der Waals surface area (Å²) in [6, 6.07) is 11.1. The van der Waals surface area contributed by atoms with Gasteiger partial charge in [-0.15, -0.1) is 0 Å². The van der Waals surface area contributed by atoms with Crippen molar-refractivity contribution >= 4 is 47.2 Å². The molecule has 2 aromatic carbocycles. The van der Waals surface area contributed by atoms with Crippen LogP contribution in [0.4, 0.5) is 21.0 Å². The molecular formula is C40H52N6O8. The number of rotatable bonds is 12. The fourth-order valence-corrected chi connectivity index (χ4v) is 6.53. The summed E-state index contributed by atoms with van der Waals surface area (Å²) >= 11 is 0. The van der Waals surface area contributed by atoms with Crippen LogP contribution in [0.2, 0.25) is 0 Å². The Kier molecular flexibility index (Phi) is 14.9. The van der Waals surface area contributed by atoms with Crippen LogP contribution in [-0.2, 0) is 28.7 Å². The van der Waals surface area contributed by atoms with Gasteiger partial charge in [0.15, 0.2) is 0 Å². The van der Waals surface area contributed by atoms with Gasteiger partial charge in [0.2, 0.25) is 23.6 Å². The summed E-state index contributed by atoms with van der Waals surface area (Å²) < 4.78 is 9.95. The topological polar surface area (TPSA) is 175 Å². The molecule has 2 heterocycles. The van der Waals surface area contributed by atoms with Gasteiger partial charge in [0.05, 0.1) is 13.2 Å². The van der Waals surface area contributed by atoms with E-state index in [1.807, 2.05) is 27.7 Å². The fraction of sp³-hybridized carbons (Fsp3) is 0.500. The van der Waals surface area contributed by atoms with Crippen LogP contribution in [0.3, 0.4) is 0 Å². The Morgan fingerprint density at radius 3 is 1.41 bits per heavy atom. The Labute approximate surface area is 317 Å². The van der Waals surface area contributed by atoms with E-state index in [4.69, 9.17) is 9.47 Å². The van der Waals surface area contributed by atoms with Gasteiger partial charge in [-0.1, -0.05) is 51.7 Å². The Bertz CT molecular complexity index is 1630. The predicted molar refractivity (Wildman–Crippen MR) is 203 cm³/mol. The lowest BCUT2D eigenvalue weighted by Crippen LogP contribution is -2.54. The van der Waals surface area contributed by atoms with Crippen molar-refractivity contribution in [2.24, 2.45) is 11.8 Å². The van der Waals surface area contributed by atoms with Crippen LogP contribution in [0.1, 0.15) is 78.4 Å². The molecule has 2 aliphatic heterocycles. The van der Waals surface area contributed by atoms with Crippen LogP contribution < -0.4 is 21.3 Å². The number of nitrogens with zero attached hydrogens (tertiary/aromatic N) is 2. The Hall–Kier alpha value is -5.58. The van der Waals surface area contributed by atoms with Gasteiger partial charge in [0, 0.05) is 35.6 Å². The lowest BCUT2D eigenvalue weighted by atomic mass is 10.0. The fourth-order valence-electron chi connectivity index (χ4n) is 6.53. The van der Waals surface area contributed by atoms with Gasteiger partial charge in [-0.25, -0.2) is 9.59 Å². The lowest BCUT2D eigenvalue weighted by Gasteiger charge is -2.30. The second kappa shape index (κ2) is 19.5. The number of benzene rings is 2. The zero-order chi connectivity index (χ0) is 39.4. The zero-order valence-electron chi connectivity index (χ0n) is 31.9. The van der Waals surface area contributed by atoms with Gasteiger partial charge < -0.3 is 40.5 Å². The molecule has 0 spiro atoms. The lowest BCUT2D eigenvalue weighted by molar-refractivity contribution is -0.139. The quantitative estimate of drug-likeness (QED) is 0.230. The van der Waals surface area contributed by atoms with Gasteiger partial charge in [-0.05, 0) is 87.8 Å². The Morgan fingerprint density at radius 2 is 1.06 bits per heavy atom. The Balaban J connectivity index is 1.39. The number of carbonyl (C=O) groups excluding carboxylic acids is 6. The first-order valence-electron chi connectivity index (χ1n) is 18.6. The van der Waals surface area contributed by atoms with Crippen LogP contribution in [0, 0.1) is 23.7 Å². The summed E-state index contributed by atoms with van der Waals surface area (Å²) in [5.41, 5.74) is 2.31. The molecule has 4 atom stereocenters. The third kappa shape index (κ3) is 11.0. The largest absolute Gasteiger partial charge is 0.450 e. The number of likely N-dealkylation sites (tertiary alicyclic amines) is 2. The predicted octanol–water partition coefficient (Wildman–Crippen LogP) is 4.49. The van der Waals surface area contributed by atoms with E-state index < -0.39 is 36.4 Å². The first-order chi connectivity index (χ1) is 25.8. The van der Waals surface area contributed by atoms with E-state index in [1.54, 1.807) is 62.4 Å². The molecule has 4 rings (SSSR count). The number of carbonyl (C=O) groups is 6. The van der Waals surface area contributed by atoms with Gasteiger partial charge in [0.25, 0.3) is 0 Å². The third-order valence-electron chi connectivity index (χ3n) is 9.25. The van der Waals surface area contributed by atoms with Crippen LogP contribution in [0.25, 0.3) is 0 Å². The van der Waals surface area contributed by atoms with Crippen LogP contribution >= 0.6 is 0 Å². The molecular weight excluding hydrogens is 692 g/mol. The van der Waals surface area contributed by atoms with Gasteiger partial charge in [0.1, 0.15) is 24.2 Å². The average molecular weight is 745 g/mol. The molecule has 54 heavy (non-hydrogen) atoms. The van der Waals surface area contributed by atoms with E-state index in [2.05, 4.69) is 33.1 Å². The summed E-state index contributed by atoms with van der Waals surface area (Å²) in [5.74, 6) is 4.47. The number of anilines is 2. The zero-order valence-corrected chi connectivity index (χ0v) is 31.9. The summed E-state index contributed by atoms with van der Waals surface area (Å²) in [6.07, 6.45) is 0.951. The van der Waals surface area contributed by atoms with E-state index in [0.717, 1.165) is 0 Å². The van der Waals surface area contributed by atoms with E-state index in [0.29, 0.717) is 61.3 Å². The molecule has 2 fully saturated rings. The standard InChI is InChI=1S/C40H52N6O8/c1-7-53-39(51)43-33(25(3)4)37(49)45-21-11-17-31(45)35(47)41-29-15-9-13-27(23-29)19-20-28-14-10-16-30(24-28)42-36(48)32-18-12-22-46(32)38(50)34(26(5)6)44-40(52)54-8-2/h9-10,13-16,23-26,31-34H,7-8,11-12,17-18,21-22H2,1-6H3,(H,41,47)(H,42,48)(H,43,51)(H,44,52)/t31-,32-,33-,34-/m0/s1. The van der Waals surface area contributed by atoms with E-state index in [1.165, 1.54) is 9.80 Å². The van der Waals surface area contributed by atoms with Crippen molar-refractivity contribution in [1.29, 1.82) is 0 Å². The molecule has 4 N–H and O–H groups in total.